The second kappa shape index (κ2) is 7.86. The Morgan fingerprint density at radius 1 is 1.12 bits per heavy atom. The van der Waals surface area contributed by atoms with Gasteiger partial charge < -0.3 is 14.5 Å². The fraction of sp³-hybridized carbons (Fsp3) is 0.350. The van der Waals surface area contributed by atoms with Gasteiger partial charge >= 0.3 is 0 Å². The van der Waals surface area contributed by atoms with E-state index in [0.717, 1.165) is 17.0 Å². The van der Waals surface area contributed by atoms with Crippen LogP contribution in [0.5, 0.6) is 5.75 Å². The van der Waals surface area contributed by atoms with Gasteiger partial charge in [-0.2, -0.15) is 0 Å². The van der Waals surface area contributed by atoms with E-state index in [0.29, 0.717) is 12.1 Å². The highest BCUT2D eigenvalue weighted by Crippen LogP contribution is 2.25. The molecule has 0 spiro atoms. The van der Waals surface area contributed by atoms with Crippen molar-refractivity contribution in [2.24, 2.45) is 0 Å². The van der Waals surface area contributed by atoms with Gasteiger partial charge in [0.2, 0.25) is 0 Å². The van der Waals surface area contributed by atoms with E-state index in [1.165, 1.54) is 0 Å². The number of benzene rings is 2. The molecule has 2 aromatic carbocycles. The summed E-state index contributed by atoms with van der Waals surface area (Å²) in [4.78, 5) is 16.8. The van der Waals surface area contributed by atoms with Crippen LogP contribution in [0.4, 0.5) is 5.69 Å². The quantitative estimate of drug-likeness (QED) is 0.805. The molecule has 0 saturated heterocycles. The standard InChI is InChI=1S/C20H26N2O2/c1-6-22(15(2)17-8-7-9-19(14-17)24-5)20(23)16-10-12-18(13-11-16)21(3)4/h7-15H,6H2,1-5H3. The Bertz CT molecular complexity index is 680. The van der Waals surface area contributed by atoms with Gasteiger partial charge in [0.05, 0.1) is 13.2 Å². The summed E-state index contributed by atoms with van der Waals surface area (Å²) in [5.41, 5.74) is 2.85. The summed E-state index contributed by atoms with van der Waals surface area (Å²) in [6, 6.07) is 15.6. The Kier molecular flexibility index (Phi) is 5.85. The van der Waals surface area contributed by atoms with E-state index < -0.39 is 0 Å². The van der Waals surface area contributed by atoms with Gasteiger partial charge in [-0.25, -0.2) is 0 Å². The highest BCUT2D eigenvalue weighted by Gasteiger charge is 2.21. The number of amides is 1. The van der Waals surface area contributed by atoms with Crippen molar-refractivity contribution in [1.29, 1.82) is 0 Å². The van der Waals surface area contributed by atoms with Crippen LogP contribution in [0.1, 0.15) is 35.8 Å². The second-order valence-corrected chi connectivity index (χ2v) is 5.99. The van der Waals surface area contributed by atoms with E-state index in [9.17, 15) is 4.79 Å². The summed E-state index contributed by atoms with van der Waals surface area (Å²) in [7, 11) is 5.62. The zero-order valence-corrected chi connectivity index (χ0v) is 15.1. The lowest BCUT2D eigenvalue weighted by Crippen LogP contribution is -2.33. The van der Waals surface area contributed by atoms with Gasteiger partial charge in [-0.1, -0.05) is 12.1 Å². The van der Waals surface area contributed by atoms with Crippen molar-refractivity contribution in [3.63, 3.8) is 0 Å². The summed E-state index contributed by atoms with van der Waals surface area (Å²) in [6.07, 6.45) is 0. The molecule has 128 valence electrons. The minimum absolute atomic E-state index is 0.0221. The Hall–Kier alpha value is -2.49. The maximum Gasteiger partial charge on any atom is 0.254 e. The third-order valence-electron chi connectivity index (χ3n) is 4.28. The first-order chi connectivity index (χ1) is 11.5. The van der Waals surface area contributed by atoms with Crippen molar-refractivity contribution in [1.82, 2.24) is 4.90 Å². The van der Waals surface area contributed by atoms with Crippen molar-refractivity contribution in [3.8, 4) is 5.75 Å². The minimum atomic E-state index is -0.0221. The first kappa shape index (κ1) is 17.9. The number of carbonyl (C=O) groups excluding carboxylic acids is 1. The number of nitrogens with zero attached hydrogens (tertiary/aromatic N) is 2. The summed E-state index contributed by atoms with van der Waals surface area (Å²) in [5.74, 6) is 0.844. The highest BCUT2D eigenvalue weighted by molar-refractivity contribution is 5.94. The number of carbonyl (C=O) groups is 1. The van der Waals surface area contributed by atoms with Gasteiger partial charge in [-0.15, -0.1) is 0 Å². The van der Waals surface area contributed by atoms with Crippen LogP contribution in [0.3, 0.4) is 0 Å². The van der Waals surface area contributed by atoms with Crippen LogP contribution < -0.4 is 9.64 Å². The molecule has 0 fully saturated rings. The molecule has 0 aliphatic rings. The first-order valence-corrected chi connectivity index (χ1v) is 8.20. The summed E-state index contributed by atoms with van der Waals surface area (Å²) < 4.78 is 5.29. The SMILES string of the molecule is CCN(C(=O)c1ccc(N(C)C)cc1)C(C)c1cccc(OC)c1. The Morgan fingerprint density at radius 2 is 1.79 bits per heavy atom. The monoisotopic (exact) mass is 326 g/mol. The van der Waals surface area contributed by atoms with Gasteiger partial charge in [0.15, 0.2) is 0 Å². The molecule has 2 aromatic rings. The van der Waals surface area contributed by atoms with Crippen LogP contribution in [-0.2, 0) is 0 Å². The predicted molar refractivity (Wildman–Crippen MR) is 98.9 cm³/mol. The number of anilines is 1. The third-order valence-corrected chi connectivity index (χ3v) is 4.28. The zero-order valence-electron chi connectivity index (χ0n) is 15.1. The Balaban J connectivity index is 2.24. The van der Waals surface area contributed by atoms with Crippen molar-refractivity contribution < 1.29 is 9.53 Å². The molecule has 1 unspecified atom stereocenters. The third kappa shape index (κ3) is 3.88. The summed E-state index contributed by atoms with van der Waals surface area (Å²) in [5, 5.41) is 0. The lowest BCUT2D eigenvalue weighted by molar-refractivity contribution is 0.0702. The van der Waals surface area contributed by atoms with E-state index in [1.807, 2.05) is 86.3 Å². The fourth-order valence-electron chi connectivity index (χ4n) is 2.74. The van der Waals surface area contributed by atoms with Crippen molar-refractivity contribution in [3.05, 3.63) is 59.7 Å². The van der Waals surface area contributed by atoms with Gasteiger partial charge in [0.25, 0.3) is 5.91 Å². The lowest BCUT2D eigenvalue weighted by Gasteiger charge is -2.29. The number of hydrogen-bond donors (Lipinski definition) is 0. The largest absolute Gasteiger partial charge is 0.497 e. The average molecular weight is 326 g/mol. The van der Waals surface area contributed by atoms with Crippen LogP contribution >= 0.6 is 0 Å². The molecule has 0 N–H and O–H groups in total. The highest BCUT2D eigenvalue weighted by atomic mass is 16.5. The van der Waals surface area contributed by atoms with Crippen LogP contribution in [0.25, 0.3) is 0 Å². The molecule has 24 heavy (non-hydrogen) atoms. The molecule has 0 bridgehead atoms. The van der Waals surface area contributed by atoms with Gasteiger partial charge in [0, 0.05) is 31.9 Å². The molecular formula is C20H26N2O2. The van der Waals surface area contributed by atoms with Crippen LogP contribution in [-0.4, -0.2) is 38.6 Å². The van der Waals surface area contributed by atoms with Crippen LogP contribution in [0.2, 0.25) is 0 Å². The van der Waals surface area contributed by atoms with Gasteiger partial charge in [0.1, 0.15) is 5.75 Å². The maximum atomic E-state index is 12.9. The van der Waals surface area contributed by atoms with Crippen molar-refractivity contribution in [2.75, 3.05) is 32.6 Å². The second-order valence-electron chi connectivity index (χ2n) is 5.99. The van der Waals surface area contributed by atoms with Gasteiger partial charge in [-0.3, -0.25) is 4.79 Å². The van der Waals surface area contributed by atoms with Crippen molar-refractivity contribution in [2.45, 2.75) is 19.9 Å². The minimum Gasteiger partial charge on any atom is -0.497 e. The van der Waals surface area contributed by atoms with E-state index >= 15 is 0 Å². The molecule has 4 heteroatoms. The predicted octanol–water partition coefficient (Wildman–Crippen LogP) is 3.98. The van der Waals surface area contributed by atoms with E-state index in [-0.39, 0.29) is 11.9 Å². The Morgan fingerprint density at radius 3 is 2.33 bits per heavy atom. The fourth-order valence-corrected chi connectivity index (χ4v) is 2.74. The smallest absolute Gasteiger partial charge is 0.254 e. The molecule has 0 aliphatic heterocycles. The van der Waals surface area contributed by atoms with Crippen LogP contribution in [0, 0.1) is 0 Å². The average Bonchev–Trinajstić information content (AvgIpc) is 2.62. The molecule has 1 atom stereocenters. The number of rotatable bonds is 6. The molecule has 0 aliphatic carbocycles. The molecule has 0 saturated carbocycles. The molecular weight excluding hydrogens is 300 g/mol. The molecule has 0 radical (unpaired) electrons. The summed E-state index contributed by atoms with van der Waals surface area (Å²) in [6.45, 7) is 4.69. The number of hydrogen-bond acceptors (Lipinski definition) is 3. The number of ether oxygens (including phenoxy) is 1. The number of methoxy groups -OCH3 is 1. The molecule has 1 amide bonds. The topological polar surface area (TPSA) is 32.8 Å². The normalized spacial score (nSPS) is 11.7. The molecule has 4 nitrogen and oxygen atoms in total. The lowest BCUT2D eigenvalue weighted by atomic mass is 10.0. The molecule has 2 rings (SSSR count). The molecule has 0 heterocycles. The summed E-state index contributed by atoms with van der Waals surface area (Å²) >= 11 is 0. The maximum absolute atomic E-state index is 12.9. The molecule has 0 aromatic heterocycles. The zero-order chi connectivity index (χ0) is 17.7. The first-order valence-electron chi connectivity index (χ1n) is 8.20. The van der Waals surface area contributed by atoms with Gasteiger partial charge in [-0.05, 0) is 55.8 Å². The van der Waals surface area contributed by atoms with E-state index in [2.05, 4.69) is 0 Å². The van der Waals surface area contributed by atoms with Crippen molar-refractivity contribution >= 4 is 11.6 Å². The van der Waals surface area contributed by atoms with E-state index in [1.54, 1.807) is 7.11 Å². The van der Waals surface area contributed by atoms with E-state index in [4.69, 9.17) is 4.74 Å². The van der Waals surface area contributed by atoms with Crippen LogP contribution in [0.15, 0.2) is 48.5 Å². The Labute approximate surface area is 144 Å².